The highest BCUT2D eigenvalue weighted by molar-refractivity contribution is 8.01. The second-order valence-electron chi connectivity index (χ2n) is 7.74. The van der Waals surface area contributed by atoms with Gasteiger partial charge in [0.25, 0.3) is 0 Å². The first-order chi connectivity index (χ1) is 15.3. The predicted octanol–water partition coefficient (Wildman–Crippen LogP) is 4.21. The average Bonchev–Trinajstić information content (AvgIpc) is 3.36. The van der Waals surface area contributed by atoms with E-state index in [2.05, 4.69) is 41.5 Å². The summed E-state index contributed by atoms with van der Waals surface area (Å²) in [5.74, 6) is 0.137. The fraction of sp³-hybridized carbons (Fsp3) is 0.318. The van der Waals surface area contributed by atoms with Crippen LogP contribution in [0.1, 0.15) is 17.5 Å². The van der Waals surface area contributed by atoms with Crippen molar-refractivity contribution in [2.75, 3.05) is 27.5 Å². The second kappa shape index (κ2) is 9.60. The quantitative estimate of drug-likeness (QED) is 0.498. The fourth-order valence-electron chi connectivity index (χ4n) is 3.58. The van der Waals surface area contributed by atoms with Gasteiger partial charge in [-0.05, 0) is 55.7 Å². The highest BCUT2D eigenvalue weighted by Crippen LogP contribution is 2.30. The number of benzene rings is 2. The summed E-state index contributed by atoms with van der Waals surface area (Å²) >= 11 is 2.69. The number of aryl methyl sites for hydroxylation is 2. The summed E-state index contributed by atoms with van der Waals surface area (Å²) in [7, 11) is -3.11. The summed E-state index contributed by atoms with van der Waals surface area (Å²) in [5, 5.41) is 12.3. The fourth-order valence-corrected chi connectivity index (χ4v) is 6.91. The Kier molecular flexibility index (Phi) is 6.82. The molecule has 1 amide bonds. The number of thioether (sulfide) groups is 1. The highest BCUT2D eigenvalue weighted by atomic mass is 32.2. The van der Waals surface area contributed by atoms with Crippen LogP contribution in [-0.4, -0.2) is 47.8 Å². The van der Waals surface area contributed by atoms with Gasteiger partial charge in [0.15, 0.2) is 14.2 Å². The van der Waals surface area contributed by atoms with Gasteiger partial charge >= 0.3 is 0 Å². The van der Waals surface area contributed by atoms with Crippen LogP contribution in [0.25, 0.3) is 0 Å². The molecule has 4 rings (SSSR count). The zero-order valence-electron chi connectivity index (χ0n) is 17.8. The van der Waals surface area contributed by atoms with Crippen molar-refractivity contribution < 1.29 is 13.2 Å². The molecule has 168 valence electrons. The number of hydrogen-bond acceptors (Lipinski definition) is 8. The van der Waals surface area contributed by atoms with Gasteiger partial charge in [-0.15, -0.1) is 10.2 Å². The molecular formula is C22H24N4O3S3. The smallest absolute Gasteiger partial charge is 0.237 e. The zero-order valence-corrected chi connectivity index (χ0v) is 20.3. The van der Waals surface area contributed by atoms with Crippen molar-refractivity contribution in [2.45, 2.75) is 30.6 Å². The summed E-state index contributed by atoms with van der Waals surface area (Å²) in [6, 6.07) is 15.0. The van der Waals surface area contributed by atoms with Crippen LogP contribution in [0.3, 0.4) is 0 Å². The van der Waals surface area contributed by atoms with Crippen molar-refractivity contribution in [1.82, 2.24) is 10.2 Å². The number of nitrogens with zero attached hydrogens (tertiary/aromatic N) is 3. The first-order valence-corrected chi connectivity index (χ1v) is 13.8. The molecule has 1 N–H and O–H groups in total. The van der Waals surface area contributed by atoms with E-state index in [1.165, 1.54) is 34.2 Å². The molecule has 0 unspecified atom stereocenters. The maximum atomic E-state index is 13.1. The molecule has 1 aliphatic heterocycles. The van der Waals surface area contributed by atoms with Gasteiger partial charge in [-0.25, -0.2) is 8.42 Å². The lowest BCUT2D eigenvalue weighted by molar-refractivity contribution is -0.116. The van der Waals surface area contributed by atoms with E-state index < -0.39 is 9.84 Å². The van der Waals surface area contributed by atoms with Crippen LogP contribution < -0.4 is 10.2 Å². The first-order valence-electron chi connectivity index (χ1n) is 10.2. The number of para-hydroxylation sites is 1. The Morgan fingerprint density at radius 1 is 1.16 bits per heavy atom. The largest absolute Gasteiger partial charge is 0.330 e. The Morgan fingerprint density at radius 2 is 1.94 bits per heavy atom. The van der Waals surface area contributed by atoms with Crippen molar-refractivity contribution in [3.63, 3.8) is 0 Å². The molecule has 1 atom stereocenters. The van der Waals surface area contributed by atoms with E-state index >= 15 is 0 Å². The average molecular weight is 489 g/mol. The minimum atomic E-state index is -3.11. The van der Waals surface area contributed by atoms with Crippen LogP contribution in [0.4, 0.5) is 16.5 Å². The maximum Gasteiger partial charge on any atom is 0.237 e. The third kappa shape index (κ3) is 5.48. The van der Waals surface area contributed by atoms with Crippen LogP contribution in [0, 0.1) is 13.8 Å². The van der Waals surface area contributed by atoms with E-state index in [0.29, 0.717) is 15.9 Å². The van der Waals surface area contributed by atoms with E-state index in [0.717, 1.165) is 11.4 Å². The third-order valence-electron chi connectivity index (χ3n) is 5.36. The van der Waals surface area contributed by atoms with Gasteiger partial charge in [-0.1, -0.05) is 47.4 Å². The molecule has 0 spiro atoms. The molecule has 0 bridgehead atoms. The van der Waals surface area contributed by atoms with E-state index in [4.69, 9.17) is 0 Å². The monoisotopic (exact) mass is 488 g/mol. The molecule has 0 aliphatic carbocycles. The van der Waals surface area contributed by atoms with Crippen LogP contribution in [0.15, 0.2) is 52.9 Å². The second-order valence-corrected chi connectivity index (χ2v) is 12.2. The topological polar surface area (TPSA) is 92.3 Å². The molecule has 7 nitrogen and oxygen atoms in total. The molecule has 1 aliphatic rings. The minimum Gasteiger partial charge on any atom is -0.330 e. The van der Waals surface area contributed by atoms with Gasteiger partial charge in [0.05, 0.1) is 23.3 Å². The van der Waals surface area contributed by atoms with Crippen molar-refractivity contribution in [1.29, 1.82) is 0 Å². The third-order valence-corrected chi connectivity index (χ3v) is 9.07. The van der Waals surface area contributed by atoms with Crippen molar-refractivity contribution in [3.05, 3.63) is 59.7 Å². The SMILES string of the molecule is Cc1ccc(Nc2nnc(SCC(=O)N(c3ccccc3)[C@@H]3CCS(=O)(=O)C3)s2)cc1C. The number of nitrogens with one attached hydrogen (secondary N) is 1. The van der Waals surface area contributed by atoms with E-state index in [1.807, 2.05) is 36.4 Å². The Bertz CT molecular complexity index is 1210. The van der Waals surface area contributed by atoms with Crippen molar-refractivity contribution in [3.8, 4) is 0 Å². The molecule has 2 aromatic carbocycles. The van der Waals surface area contributed by atoms with Crippen LogP contribution in [0.5, 0.6) is 0 Å². The van der Waals surface area contributed by atoms with Gasteiger partial charge < -0.3 is 10.2 Å². The van der Waals surface area contributed by atoms with Gasteiger partial charge in [-0.3, -0.25) is 4.79 Å². The minimum absolute atomic E-state index is 0.00113. The Hall–Kier alpha value is -2.43. The summed E-state index contributed by atoms with van der Waals surface area (Å²) in [5.41, 5.74) is 4.07. The number of carbonyl (C=O) groups excluding carboxylic acids is 1. The number of aromatic nitrogens is 2. The number of anilines is 3. The predicted molar refractivity (Wildman–Crippen MR) is 131 cm³/mol. The lowest BCUT2D eigenvalue weighted by atomic mass is 10.1. The first kappa shape index (κ1) is 22.8. The van der Waals surface area contributed by atoms with Crippen LogP contribution >= 0.6 is 23.1 Å². The molecule has 1 saturated heterocycles. The summed E-state index contributed by atoms with van der Waals surface area (Å²) in [4.78, 5) is 14.8. The number of amides is 1. The lowest BCUT2D eigenvalue weighted by Gasteiger charge is -2.28. The van der Waals surface area contributed by atoms with Gasteiger partial charge in [0.1, 0.15) is 0 Å². The molecule has 3 aromatic rings. The Balaban J connectivity index is 1.43. The normalized spacial score (nSPS) is 17.2. The molecule has 10 heteroatoms. The summed E-state index contributed by atoms with van der Waals surface area (Å²) in [6.45, 7) is 4.12. The number of rotatable bonds is 7. The highest BCUT2D eigenvalue weighted by Gasteiger charge is 2.35. The molecule has 0 radical (unpaired) electrons. The van der Waals surface area contributed by atoms with E-state index in [1.54, 1.807) is 4.90 Å². The molecule has 2 heterocycles. The van der Waals surface area contributed by atoms with E-state index in [9.17, 15) is 13.2 Å². The Morgan fingerprint density at radius 3 is 2.62 bits per heavy atom. The zero-order chi connectivity index (χ0) is 22.7. The summed E-state index contributed by atoms with van der Waals surface area (Å²) in [6.07, 6.45) is 0.455. The Labute approximate surface area is 196 Å². The standard InChI is InChI=1S/C22H24N4O3S3/c1-15-8-9-17(12-16(15)2)23-21-24-25-22(31-21)30-13-20(27)26(18-6-4-3-5-7-18)19-10-11-32(28,29)14-19/h3-9,12,19H,10-11,13-14H2,1-2H3,(H,23,24)/t19-/m1/s1. The van der Waals surface area contributed by atoms with Crippen molar-refractivity contribution >= 4 is 55.3 Å². The summed E-state index contributed by atoms with van der Waals surface area (Å²) < 4.78 is 24.7. The van der Waals surface area contributed by atoms with E-state index in [-0.39, 0.29) is 29.2 Å². The van der Waals surface area contributed by atoms with Crippen molar-refractivity contribution in [2.24, 2.45) is 0 Å². The lowest BCUT2D eigenvalue weighted by Crippen LogP contribution is -2.42. The number of sulfone groups is 1. The molecule has 0 saturated carbocycles. The van der Waals surface area contributed by atoms with Crippen LogP contribution in [0.2, 0.25) is 0 Å². The molecular weight excluding hydrogens is 464 g/mol. The van der Waals surface area contributed by atoms with Crippen LogP contribution in [-0.2, 0) is 14.6 Å². The number of carbonyl (C=O) groups is 1. The van der Waals surface area contributed by atoms with Gasteiger partial charge in [-0.2, -0.15) is 0 Å². The van der Waals surface area contributed by atoms with Gasteiger partial charge in [0.2, 0.25) is 11.0 Å². The molecule has 1 aromatic heterocycles. The van der Waals surface area contributed by atoms with Gasteiger partial charge in [0, 0.05) is 11.4 Å². The maximum absolute atomic E-state index is 13.1. The molecule has 1 fully saturated rings. The number of hydrogen-bond donors (Lipinski definition) is 1. The molecule has 32 heavy (non-hydrogen) atoms.